The van der Waals surface area contributed by atoms with Crippen molar-refractivity contribution >= 4 is 5.97 Å². The minimum Gasteiger partial charge on any atom is -0.480 e. The molecule has 2 saturated heterocycles. The molecule has 0 amide bonds. The Hall–Kier alpha value is -0.650. The van der Waals surface area contributed by atoms with E-state index in [0.717, 1.165) is 32.4 Å². The molecule has 2 aliphatic heterocycles. The molecule has 2 aliphatic rings. The van der Waals surface area contributed by atoms with Gasteiger partial charge in [0.05, 0.1) is 18.2 Å². The Kier molecular flexibility index (Phi) is 3.47. The molecule has 5 heteroatoms. The van der Waals surface area contributed by atoms with Gasteiger partial charge in [-0.15, -0.1) is 0 Å². The predicted octanol–water partition coefficient (Wildman–Crippen LogP) is 0.341. The van der Waals surface area contributed by atoms with Crippen molar-refractivity contribution in [3.05, 3.63) is 0 Å². The number of carbonyl (C=O) groups is 1. The lowest BCUT2D eigenvalue weighted by Crippen LogP contribution is -2.56. The average molecular weight is 229 g/mol. The lowest BCUT2D eigenvalue weighted by atomic mass is 9.86. The smallest absolute Gasteiger partial charge is 0.317 e. The highest BCUT2D eigenvalue weighted by Crippen LogP contribution is 2.37. The summed E-state index contributed by atoms with van der Waals surface area (Å²) >= 11 is 0. The molecule has 2 atom stereocenters. The van der Waals surface area contributed by atoms with Crippen LogP contribution in [-0.4, -0.2) is 61.0 Å². The van der Waals surface area contributed by atoms with Gasteiger partial charge >= 0.3 is 5.97 Å². The highest BCUT2D eigenvalue weighted by molar-refractivity contribution is 5.69. The maximum absolute atomic E-state index is 10.7. The van der Waals surface area contributed by atoms with Crippen LogP contribution in [0.3, 0.4) is 0 Å². The monoisotopic (exact) mass is 229 g/mol. The Morgan fingerprint density at radius 3 is 3.00 bits per heavy atom. The van der Waals surface area contributed by atoms with Crippen molar-refractivity contribution in [2.75, 3.05) is 33.4 Å². The quantitative estimate of drug-likeness (QED) is 0.756. The Balaban J connectivity index is 1.99. The number of aliphatic carboxylic acids is 1. The van der Waals surface area contributed by atoms with Gasteiger partial charge in [0, 0.05) is 26.8 Å². The first-order chi connectivity index (χ1) is 7.66. The van der Waals surface area contributed by atoms with E-state index >= 15 is 0 Å². The first kappa shape index (κ1) is 11.8. The number of methoxy groups -OCH3 is 1. The molecule has 2 heterocycles. The fraction of sp³-hybridized carbons (Fsp3) is 0.909. The van der Waals surface area contributed by atoms with Gasteiger partial charge in [-0.2, -0.15) is 0 Å². The fourth-order valence-electron chi connectivity index (χ4n) is 2.79. The third-order valence-corrected chi connectivity index (χ3v) is 3.64. The van der Waals surface area contributed by atoms with E-state index in [0.29, 0.717) is 6.54 Å². The van der Waals surface area contributed by atoms with E-state index in [2.05, 4.69) is 0 Å². The van der Waals surface area contributed by atoms with E-state index in [1.807, 2.05) is 4.90 Å². The molecule has 2 fully saturated rings. The second kappa shape index (κ2) is 4.69. The molecule has 0 radical (unpaired) electrons. The zero-order valence-electron chi connectivity index (χ0n) is 9.65. The lowest BCUT2D eigenvalue weighted by molar-refractivity contribution is -0.152. The molecular formula is C11H19NO4. The molecular weight excluding hydrogens is 210 g/mol. The van der Waals surface area contributed by atoms with Crippen LogP contribution in [-0.2, 0) is 14.3 Å². The first-order valence-corrected chi connectivity index (χ1v) is 5.77. The van der Waals surface area contributed by atoms with Crippen LogP contribution in [0.2, 0.25) is 0 Å². The van der Waals surface area contributed by atoms with Gasteiger partial charge in [0.1, 0.15) is 0 Å². The first-order valence-electron chi connectivity index (χ1n) is 5.77. The summed E-state index contributed by atoms with van der Waals surface area (Å²) in [6, 6.07) is 0. The Morgan fingerprint density at radius 2 is 2.44 bits per heavy atom. The summed E-state index contributed by atoms with van der Waals surface area (Å²) < 4.78 is 11.3. The lowest BCUT2D eigenvalue weighted by Gasteiger charge is -2.43. The van der Waals surface area contributed by atoms with Gasteiger partial charge in [0.15, 0.2) is 0 Å². The van der Waals surface area contributed by atoms with E-state index in [1.54, 1.807) is 7.11 Å². The summed E-state index contributed by atoms with van der Waals surface area (Å²) in [5.74, 6) is -0.779. The number of hydrogen-bond acceptors (Lipinski definition) is 4. The van der Waals surface area contributed by atoms with Gasteiger partial charge in [0.25, 0.3) is 0 Å². The average Bonchev–Trinajstić information content (AvgIpc) is 2.70. The number of piperidine rings is 1. The Morgan fingerprint density at radius 1 is 1.62 bits per heavy atom. The zero-order valence-corrected chi connectivity index (χ0v) is 9.65. The van der Waals surface area contributed by atoms with Gasteiger partial charge in [-0.1, -0.05) is 0 Å². The predicted molar refractivity (Wildman–Crippen MR) is 57.4 cm³/mol. The Labute approximate surface area is 95.3 Å². The van der Waals surface area contributed by atoms with Crippen LogP contribution >= 0.6 is 0 Å². The van der Waals surface area contributed by atoms with Crippen LogP contribution in [0.4, 0.5) is 0 Å². The minimum atomic E-state index is -0.779. The van der Waals surface area contributed by atoms with Gasteiger partial charge in [0.2, 0.25) is 0 Å². The normalized spacial score (nSPS) is 35.7. The standard InChI is InChI=1S/C11H19NO4/c1-15-9-7-12(8-10(13)14)5-4-11(9)3-2-6-16-11/h9H,2-8H2,1H3,(H,13,14)/t9-,11-/m0/s1. The molecule has 5 nitrogen and oxygen atoms in total. The van der Waals surface area contributed by atoms with Crippen molar-refractivity contribution < 1.29 is 19.4 Å². The molecule has 0 unspecified atom stereocenters. The van der Waals surface area contributed by atoms with E-state index in [1.165, 1.54) is 0 Å². The molecule has 0 aromatic rings. The fourth-order valence-corrected chi connectivity index (χ4v) is 2.79. The number of carboxylic acid groups (broad SMARTS) is 1. The zero-order chi connectivity index (χ0) is 11.6. The van der Waals surface area contributed by atoms with E-state index < -0.39 is 5.97 Å². The van der Waals surface area contributed by atoms with Crippen LogP contribution in [0.5, 0.6) is 0 Å². The van der Waals surface area contributed by atoms with E-state index in [9.17, 15) is 4.79 Å². The molecule has 0 aromatic carbocycles. The number of rotatable bonds is 3. The number of likely N-dealkylation sites (tertiary alicyclic amines) is 1. The third kappa shape index (κ3) is 2.21. The summed E-state index contributed by atoms with van der Waals surface area (Å²) in [5, 5.41) is 8.77. The molecule has 0 saturated carbocycles. The molecule has 92 valence electrons. The van der Waals surface area contributed by atoms with Crippen molar-refractivity contribution in [2.45, 2.75) is 31.0 Å². The number of hydrogen-bond donors (Lipinski definition) is 1. The second-order valence-corrected chi connectivity index (χ2v) is 4.62. The molecule has 0 bridgehead atoms. The number of carboxylic acids is 1. The largest absolute Gasteiger partial charge is 0.480 e. The summed E-state index contributed by atoms with van der Waals surface area (Å²) in [6.45, 7) is 2.34. The Bertz CT molecular complexity index is 263. The highest BCUT2D eigenvalue weighted by Gasteiger charge is 2.46. The minimum absolute atomic E-state index is 0.00287. The molecule has 1 N–H and O–H groups in total. The van der Waals surface area contributed by atoms with Crippen molar-refractivity contribution in [1.82, 2.24) is 4.90 Å². The maximum Gasteiger partial charge on any atom is 0.317 e. The highest BCUT2D eigenvalue weighted by atomic mass is 16.5. The van der Waals surface area contributed by atoms with Gasteiger partial charge in [-0.05, 0) is 19.3 Å². The van der Waals surface area contributed by atoms with Crippen molar-refractivity contribution in [1.29, 1.82) is 0 Å². The SMILES string of the molecule is CO[C@H]1CN(CC(=O)O)CC[C@@]12CCCO2. The number of nitrogens with zero attached hydrogens (tertiary/aromatic N) is 1. The maximum atomic E-state index is 10.7. The van der Waals surface area contributed by atoms with Crippen molar-refractivity contribution in [3.63, 3.8) is 0 Å². The second-order valence-electron chi connectivity index (χ2n) is 4.62. The summed E-state index contributed by atoms with van der Waals surface area (Å²) in [5.41, 5.74) is -0.149. The van der Waals surface area contributed by atoms with Crippen molar-refractivity contribution in [2.24, 2.45) is 0 Å². The van der Waals surface area contributed by atoms with Gasteiger partial charge in [-0.25, -0.2) is 0 Å². The molecule has 0 aliphatic carbocycles. The van der Waals surface area contributed by atoms with Crippen LogP contribution in [0, 0.1) is 0 Å². The van der Waals surface area contributed by atoms with E-state index in [4.69, 9.17) is 14.6 Å². The van der Waals surface area contributed by atoms with Crippen LogP contribution < -0.4 is 0 Å². The summed E-state index contributed by atoms with van der Waals surface area (Å²) in [4.78, 5) is 12.6. The topological polar surface area (TPSA) is 59.0 Å². The van der Waals surface area contributed by atoms with Gasteiger partial charge < -0.3 is 14.6 Å². The summed E-state index contributed by atoms with van der Waals surface area (Å²) in [7, 11) is 1.68. The van der Waals surface area contributed by atoms with Gasteiger partial charge in [-0.3, -0.25) is 9.69 Å². The number of ether oxygens (including phenoxy) is 2. The molecule has 2 rings (SSSR count). The molecule has 1 spiro atoms. The van der Waals surface area contributed by atoms with Crippen molar-refractivity contribution in [3.8, 4) is 0 Å². The van der Waals surface area contributed by atoms with Crippen LogP contribution in [0.15, 0.2) is 0 Å². The van der Waals surface area contributed by atoms with E-state index in [-0.39, 0.29) is 18.2 Å². The van der Waals surface area contributed by atoms with Crippen LogP contribution in [0.25, 0.3) is 0 Å². The van der Waals surface area contributed by atoms with Crippen LogP contribution in [0.1, 0.15) is 19.3 Å². The molecule has 16 heavy (non-hydrogen) atoms. The molecule has 0 aromatic heterocycles. The summed E-state index contributed by atoms with van der Waals surface area (Å²) in [6.07, 6.45) is 2.99. The third-order valence-electron chi connectivity index (χ3n) is 3.64.